The van der Waals surface area contributed by atoms with Crippen LogP contribution in [0.2, 0.25) is 0 Å². The second kappa shape index (κ2) is 3.54. The van der Waals surface area contributed by atoms with Gasteiger partial charge in [-0.25, -0.2) is 0 Å². The van der Waals surface area contributed by atoms with Crippen LogP contribution < -0.4 is 0 Å². The zero-order valence-corrected chi connectivity index (χ0v) is 9.10. The molecule has 0 aliphatic heterocycles. The molecule has 0 fully saturated rings. The van der Waals surface area contributed by atoms with Crippen LogP contribution in [0.1, 0.15) is 0 Å². The van der Waals surface area contributed by atoms with Crippen molar-refractivity contribution in [2.45, 2.75) is 0 Å². The van der Waals surface area contributed by atoms with Gasteiger partial charge in [0.1, 0.15) is 0 Å². The van der Waals surface area contributed by atoms with Crippen LogP contribution in [0, 0.1) is 0 Å². The summed E-state index contributed by atoms with van der Waals surface area (Å²) in [5, 5.41) is 0. The van der Waals surface area contributed by atoms with Gasteiger partial charge in [-0.3, -0.25) is 0 Å². The zero-order valence-electron chi connectivity index (χ0n) is 1.63. The summed E-state index contributed by atoms with van der Waals surface area (Å²) < 4.78 is 0. The van der Waals surface area contributed by atoms with Crippen molar-refractivity contribution in [1.29, 1.82) is 0 Å². The Labute approximate surface area is 50.5 Å². The molecule has 0 aliphatic carbocycles. The first kappa shape index (κ1) is 6.35. The molecule has 0 atom stereocenters. The van der Waals surface area contributed by atoms with Gasteiger partial charge >= 0.3 is 51.4 Å². The van der Waals surface area contributed by atoms with Gasteiger partial charge in [-0.05, 0) is 0 Å². The van der Waals surface area contributed by atoms with Crippen molar-refractivity contribution in [3.05, 3.63) is 0 Å². The molecule has 0 bridgehead atoms. The van der Waals surface area contributed by atoms with Crippen LogP contribution >= 0.6 is 0 Å². The summed E-state index contributed by atoms with van der Waals surface area (Å²) in [5.74, 6) is 0. The normalized spacial score (nSPS) is 9.00. The van der Waals surface area contributed by atoms with Gasteiger partial charge in [-0.15, -0.1) is 0 Å². The maximum absolute atomic E-state index is 2.96. The van der Waals surface area contributed by atoms with E-state index >= 15 is 0 Å². The van der Waals surface area contributed by atoms with E-state index in [1.54, 1.807) is 0 Å². The average molecular weight is 364 g/mol. The summed E-state index contributed by atoms with van der Waals surface area (Å²) in [6.45, 7) is 0. The molecular weight excluding hydrogens is 364 g/mol. The van der Waals surface area contributed by atoms with Crippen LogP contribution in [0.5, 0.6) is 0 Å². The first-order valence-corrected chi connectivity index (χ1v) is 17.4. The molecule has 0 radical (unpaired) electrons. The summed E-state index contributed by atoms with van der Waals surface area (Å²) in [6, 6.07) is 0. The predicted molar refractivity (Wildman–Crippen MR) is 23.0 cm³/mol. The summed E-state index contributed by atoms with van der Waals surface area (Å²) in [4.78, 5) is 0. The van der Waals surface area contributed by atoms with E-state index < -0.39 is 12.9 Å². The molecule has 0 saturated heterocycles. The summed E-state index contributed by atoms with van der Waals surface area (Å²) >= 11 is 8.15. The Balaban J connectivity index is 2.32. The van der Waals surface area contributed by atoms with E-state index in [1.165, 1.54) is 0 Å². The molecule has 0 amide bonds. The van der Waals surface area contributed by atoms with Gasteiger partial charge < -0.3 is 0 Å². The Morgan fingerprint density at radius 2 is 1.00 bits per heavy atom. The van der Waals surface area contributed by atoms with E-state index in [2.05, 4.69) is 38.5 Å². The van der Waals surface area contributed by atoms with E-state index in [4.69, 9.17) is 0 Å². The van der Waals surface area contributed by atoms with Crippen LogP contribution in [-0.2, 0) is 0 Å². The molecule has 0 aromatic heterocycles. The van der Waals surface area contributed by atoms with Gasteiger partial charge in [-0.1, -0.05) is 0 Å². The van der Waals surface area contributed by atoms with Crippen LogP contribution in [-0.4, -0.2) is 51.4 Å². The van der Waals surface area contributed by atoms with Crippen molar-refractivity contribution in [3.8, 4) is 0 Å². The van der Waals surface area contributed by atoms with E-state index in [0.717, 1.165) is 0 Å². The van der Waals surface area contributed by atoms with Crippen molar-refractivity contribution in [3.63, 3.8) is 0 Å². The third-order valence-electron chi connectivity index (χ3n) is 0. The van der Waals surface area contributed by atoms with Crippen LogP contribution in [0.25, 0.3) is 0 Å². The van der Waals surface area contributed by atoms with Crippen molar-refractivity contribution in [2.24, 2.45) is 0 Å². The van der Waals surface area contributed by atoms with Crippen molar-refractivity contribution >= 4 is 51.4 Å². The van der Waals surface area contributed by atoms with Gasteiger partial charge in [0.05, 0.1) is 0 Å². The Morgan fingerprint density at radius 1 is 1.00 bits per heavy atom. The Hall–Kier alpha value is 2.35. The second-order valence-corrected chi connectivity index (χ2v) is 37.0. The van der Waals surface area contributed by atoms with Gasteiger partial charge in [0.15, 0.2) is 0 Å². The number of hydrogen-bond acceptors (Lipinski definition) is 0. The van der Waals surface area contributed by atoms with Crippen molar-refractivity contribution in [1.82, 2.24) is 0 Å². The summed E-state index contributed by atoms with van der Waals surface area (Å²) in [6.07, 6.45) is 0. The first-order valence-electron chi connectivity index (χ1n) is 0.500. The fourth-order valence-electron chi connectivity index (χ4n) is 0. The molecule has 0 aromatic rings. The fraction of sp³-hybridized carbons (Fsp3) is 0. The van der Waals surface area contributed by atoms with Crippen molar-refractivity contribution < 1.29 is 0 Å². The molecule has 0 N–H and O–H groups in total. The number of hydrogen-bond donors (Lipinski definition) is 0. The topological polar surface area (TPSA) is 0 Å². The third-order valence-corrected chi connectivity index (χ3v) is 0. The van der Waals surface area contributed by atoms with Crippen LogP contribution in [0.15, 0.2) is 0 Å². The van der Waals surface area contributed by atoms with Crippen molar-refractivity contribution in [2.75, 3.05) is 0 Å². The fourth-order valence-corrected chi connectivity index (χ4v) is 0. The molecule has 0 aromatic carbocycles. The first-order chi connectivity index (χ1) is 1.73. The summed E-state index contributed by atoms with van der Waals surface area (Å²) in [5.41, 5.74) is 0. The molecule has 0 spiro atoms. The molecule has 0 heterocycles. The molecule has 26 valence electrons. The van der Waals surface area contributed by atoms with Gasteiger partial charge in [0.2, 0.25) is 0 Å². The molecule has 4 heteroatoms. The van der Waals surface area contributed by atoms with Gasteiger partial charge in [-0.2, -0.15) is 0 Å². The van der Waals surface area contributed by atoms with E-state index in [1.807, 2.05) is 0 Å². The Kier molecular flexibility index (Phi) is 5.61. The molecule has 0 aliphatic rings. The van der Waals surface area contributed by atoms with Crippen LogP contribution in [0.4, 0.5) is 0 Å². The minimum atomic E-state index is -0.732. The van der Waals surface area contributed by atoms with E-state index in [-0.39, 0.29) is 0 Å². The Bertz CT molecular complexity index is 8.00. The maximum atomic E-state index is 2.96. The van der Waals surface area contributed by atoms with E-state index in [9.17, 15) is 0 Å². The van der Waals surface area contributed by atoms with Gasteiger partial charge in [0.25, 0.3) is 0 Å². The van der Waals surface area contributed by atoms with Gasteiger partial charge in [0, 0.05) is 0 Å². The predicted octanol–water partition coefficient (Wildman–Crippen LogP) is -1.52. The van der Waals surface area contributed by atoms with Crippen LogP contribution in [0.3, 0.4) is 0 Å². The average Bonchev–Trinajstić information content (AvgIpc) is 0.811. The monoisotopic (exact) mass is 370 g/mol. The quantitative estimate of drug-likeness (QED) is 0.458. The number of rotatable bonds is 0. The van der Waals surface area contributed by atoms with E-state index in [0.29, 0.717) is 0 Å². The molecule has 0 nitrogen and oxygen atoms in total. The molecule has 0 rings (SSSR count). The Morgan fingerprint density at radius 3 is 1.00 bits per heavy atom. The SMILES string of the molecule is [Se-][Te+]([Se-])[Se-]. The zero-order chi connectivity index (χ0) is 3.58. The summed E-state index contributed by atoms with van der Waals surface area (Å²) in [7, 11) is 0. The molecule has 0 saturated carbocycles. The standard InChI is InChI=1S/H2Se3Te/c1-4(2)3/h(H2,1,2,3)/p-2. The minimum absolute atomic E-state index is 0.732. The molecule has 0 unspecified atom stereocenters. The third kappa shape index (κ3) is 8.84. The second-order valence-electron chi connectivity index (χ2n) is 0.204. The molecule has 4 heavy (non-hydrogen) atoms. The molecular formula is Se3Te-2.